The summed E-state index contributed by atoms with van der Waals surface area (Å²) in [5.74, 6) is 1.46. The van der Waals surface area contributed by atoms with Crippen LogP contribution in [0.5, 0.6) is 0 Å². The predicted molar refractivity (Wildman–Crippen MR) is 142 cm³/mol. The van der Waals surface area contributed by atoms with Crippen LogP contribution in [0.4, 0.5) is 5.82 Å². The van der Waals surface area contributed by atoms with Gasteiger partial charge in [0.2, 0.25) is 5.91 Å². The number of allylic oxidation sites excluding steroid dienone is 3. The van der Waals surface area contributed by atoms with E-state index in [4.69, 9.17) is 21.2 Å². The van der Waals surface area contributed by atoms with Gasteiger partial charge in [-0.2, -0.15) is 5.26 Å². The summed E-state index contributed by atoms with van der Waals surface area (Å²) >= 11 is 0. The summed E-state index contributed by atoms with van der Waals surface area (Å²) < 4.78 is 5.50. The summed E-state index contributed by atoms with van der Waals surface area (Å²) in [4.78, 5) is 22.3. The molecule has 8 nitrogen and oxygen atoms in total. The number of ether oxygens (including phenoxy) is 1. The molecule has 0 bridgehead atoms. The van der Waals surface area contributed by atoms with E-state index in [1.807, 2.05) is 11.8 Å². The largest absolute Gasteiger partial charge is 0.404 e. The quantitative estimate of drug-likeness (QED) is 0.536. The summed E-state index contributed by atoms with van der Waals surface area (Å²) in [6.45, 7) is 12.6. The van der Waals surface area contributed by atoms with Crippen molar-refractivity contribution in [2.24, 2.45) is 17.4 Å². The van der Waals surface area contributed by atoms with Gasteiger partial charge in [-0.25, -0.2) is 4.98 Å². The number of amides is 1. The fourth-order valence-corrected chi connectivity index (χ4v) is 5.16. The number of carbonyl (C=O) groups is 1. The molecule has 2 saturated heterocycles. The molecule has 0 aromatic carbocycles. The van der Waals surface area contributed by atoms with E-state index in [1.54, 1.807) is 12.2 Å². The number of pyridine rings is 1. The highest BCUT2D eigenvalue weighted by molar-refractivity contribution is 5.78. The number of anilines is 1. The van der Waals surface area contributed by atoms with Crippen molar-refractivity contribution >= 4 is 17.4 Å². The lowest BCUT2D eigenvalue weighted by atomic mass is 9.94. The Hall–Kier alpha value is -3.31. The average Bonchev–Trinajstić information content (AvgIpc) is 3.68. The molecule has 4 N–H and O–H groups in total. The Bertz CT molecular complexity index is 1120. The fraction of sp³-hybridized carbons (Fsp3) is 0.536. The summed E-state index contributed by atoms with van der Waals surface area (Å²) in [6.07, 6.45) is 8.46. The highest BCUT2D eigenvalue weighted by Crippen LogP contribution is 2.44. The number of hydrogen-bond donors (Lipinski definition) is 2. The molecule has 1 aromatic rings. The fourth-order valence-electron chi connectivity index (χ4n) is 5.16. The second kappa shape index (κ2) is 10.8. The third-order valence-corrected chi connectivity index (χ3v) is 7.57. The van der Waals surface area contributed by atoms with Gasteiger partial charge < -0.3 is 26.0 Å². The smallest absolute Gasteiger partial charge is 0.225 e. The van der Waals surface area contributed by atoms with Gasteiger partial charge in [0, 0.05) is 49.6 Å². The molecule has 1 amide bonds. The van der Waals surface area contributed by atoms with E-state index < -0.39 is 0 Å². The molecule has 8 heteroatoms. The molecular formula is C28H38N6O2. The number of aromatic nitrogens is 1. The van der Waals surface area contributed by atoms with Gasteiger partial charge in [-0.05, 0) is 49.3 Å². The molecule has 3 fully saturated rings. The second-order valence-corrected chi connectivity index (χ2v) is 10.4. The van der Waals surface area contributed by atoms with Crippen LogP contribution in [0.1, 0.15) is 67.8 Å². The topological polar surface area (TPSA) is 122 Å². The van der Waals surface area contributed by atoms with Crippen molar-refractivity contribution in [2.45, 2.75) is 64.5 Å². The number of nitrogens with two attached hydrogens (primary N) is 2. The third-order valence-electron chi connectivity index (χ3n) is 7.57. The van der Waals surface area contributed by atoms with E-state index >= 15 is 0 Å². The minimum absolute atomic E-state index is 0.0406. The summed E-state index contributed by atoms with van der Waals surface area (Å²) in [5, 5.41) is 10.2. The van der Waals surface area contributed by atoms with Gasteiger partial charge in [0.25, 0.3) is 0 Å². The molecular weight excluding hydrogens is 452 g/mol. The molecule has 36 heavy (non-hydrogen) atoms. The van der Waals surface area contributed by atoms with Crippen LogP contribution in [0.15, 0.2) is 30.5 Å². The van der Waals surface area contributed by atoms with E-state index in [9.17, 15) is 10.1 Å². The maximum absolute atomic E-state index is 13.1. The Balaban J connectivity index is 1.68. The number of rotatable bonds is 8. The van der Waals surface area contributed by atoms with Crippen LogP contribution in [0.25, 0.3) is 5.70 Å². The SMILES string of the molecule is C=CC(=C/N)/C=C(\N)c1c(C2CC2)nc(N2CCN(C(=O)C[C@H]3CCO3)C(C(C)C)C2)c(C#N)c1C. The molecule has 192 valence electrons. The zero-order chi connectivity index (χ0) is 26.0. The lowest BCUT2D eigenvalue weighted by Crippen LogP contribution is -2.58. The standard InChI is InChI=1S/C28H38N6O2/c1-5-19(14-29)12-23(31)26-18(4)22(15-30)28(32-27(26)20-6-7-20)33-9-10-34(24(16-33)17(2)3)25(35)13-21-8-11-36-21/h5,12,14,17,20-21,24H,1,6-11,13,16,29,31H2,2-4H3/b19-14-,23-12-/t21-,24?/m1/s1. The van der Waals surface area contributed by atoms with Crippen LogP contribution in [-0.2, 0) is 9.53 Å². The average molecular weight is 491 g/mol. The van der Waals surface area contributed by atoms with Crippen LogP contribution >= 0.6 is 0 Å². The number of carbonyl (C=O) groups excluding carboxylic acids is 1. The first kappa shape index (κ1) is 25.8. The van der Waals surface area contributed by atoms with E-state index in [0.717, 1.165) is 42.7 Å². The number of piperazine rings is 1. The third kappa shape index (κ3) is 5.12. The van der Waals surface area contributed by atoms with Crippen LogP contribution in [-0.4, -0.2) is 54.2 Å². The molecule has 1 aromatic heterocycles. The zero-order valence-corrected chi connectivity index (χ0v) is 21.7. The minimum Gasteiger partial charge on any atom is -0.404 e. The van der Waals surface area contributed by atoms with Crippen LogP contribution in [0.2, 0.25) is 0 Å². The Morgan fingerprint density at radius 3 is 2.58 bits per heavy atom. The van der Waals surface area contributed by atoms with Crippen molar-refractivity contribution in [1.29, 1.82) is 5.26 Å². The first-order valence-corrected chi connectivity index (χ1v) is 12.9. The Kier molecular flexibility index (Phi) is 7.70. The molecule has 1 aliphatic carbocycles. The van der Waals surface area contributed by atoms with Crippen LogP contribution in [0, 0.1) is 24.2 Å². The van der Waals surface area contributed by atoms with Crippen molar-refractivity contribution in [3.63, 3.8) is 0 Å². The van der Waals surface area contributed by atoms with Gasteiger partial charge in [-0.3, -0.25) is 4.79 Å². The van der Waals surface area contributed by atoms with E-state index in [0.29, 0.717) is 54.6 Å². The molecule has 0 spiro atoms. The van der Waals surface area contributed by atoms with E-state index in [-0.39, 0.29) is 24.0 Å². The lowest BCUT2D eigenvalue weighted by molar-refractivity contribution is -0.142. The molecule has 1 unspecified atom stereocenters. The lowest BCUT2D eigenvalue weighted by Gasteiger charge is -2.45. The second-order valence-electron chi connectivity index (χ2n) is 10.4. The summed E-state index contributed by atoms with van der Waals surface area (Å²) in [6, 6.07) is 2.44. The number of hydrogen-bond acceptors (Lipinski definition) is 7. The van der Waals surface area contributed by atoms with Crippen molar-refractivity contribution in [2.75, 3.05) is 31.1 Å². The van der Waals surface area contributed by atoms with E-state index in [2.05, 4.69) is 31.4 Å². The molecule has 2 aliphatic heterocycles. The number of nitrogens with zero attached hydrogens (tertiary/aromatic N) is 4. The van der Waals surface area contributed by atoms with Crippen LogP contribution in [0.3, 0.4) is 0 Å². The minimum atomic E-state index is 0.0406. The molecule has 0 radical (unpaired) electrons. The highest BCUT2D eigenvalue weighted by Gasteiger charge is 2.37. The molecule has 1 saturated carbocycles. The Morgan fingerprint density at radius 2 is 2.06 bits per heavy atom. The summed E-state index contributed by atoms with van der Waals surface area (Å²) in [7, 11) is 0. The zero-order valence-electron chi connectivity index (χ0n) is 21.7. The predicted octanol–water partition coefficient (Wildman–Crippen LogP) is 3.32. The van der Waals surface area contributed by atoms with Gasteiger partial charge in [-0.15, -0.1) is 0 Å². The highest BCUT2D eigenvalue weighted by atomic mass is 16.5. The Labute approximate surface area is 214 Å². The van der Waals surface area contributed by atoms with Gasteiger partial charge >= 0.3 is 0 Å². The van der Waals surface area contributed by atoms with Gasteiger partial charge in [0.15, 0.2) is 0 Å². The maximum atomic E-state index is 13.1. The van der Waals surface area contributed by atoms with Crippen molar-refractivity contribution in [3.05, 3.63) is 52.9 Å². The first-order valence-electron chi connectivity index (χ1n) is 12.9. The van der Waals surface area contributed by atoms with Gasteiger partial charge in [-0.1, -0.05) is 26.5 Å². The molecule has 2 atom stereocenters. The normalized spacial score (nSPS) is 22.9. The van der Waals surface area contributed by atoms with Crippen molar-refractivity contribution < 1.29 is 9.53 Å². The van der Waals surface area contributed by atoms with Gasteiger partial charge in [0.05, 0.1) is 29.8 Å². The maximum Gasteiger partial charge on any atom is 0.225 e. The van der Waals surface area contributed by atoms with Crippen LogP contribution < -0.4 is 16.4 Å². The summed E-state index contributed by atoms with van der Waals surface area (Å²) in [5.41, 5.74) is 16.6. The Morgan fingerprint density at radius 1 is 1.33 bits per heavy atom. The van der Waals surface area contributed by atoms with E-state index in [1.165, 1.54) is 6.20 Å². The molecule has 3 heterocycles. The molecule has 4 rings (SSSR count). The van der Waals surface area contributed by atoms with Crippen molar-refractivity contribution in [3.8, 4) is 6.07 Å². The van der Waals surface area contributed by atoms with Gasteiger partial charge in [0.1, 0.15) is 11.9 Å². The molecule has 3 aliphatic rings. The first-order chi connectivity index (χ1) is 17.3. The number of nitriles is 1. The van der Waals surface area contributed by atoms with Crippen molar-refractivity contribution in [1.82, 2.24) is 9.88 Å². The monoisotopic (exact) mass is 490 g/mol.